The molecule has 2 rings (SSSR count). The van der Waals surface area contributed by atoms with Crippen LogP contribution in [-0.4, -0.2) is 38.4 Å². The van der Waals surface area contributed by atoms with Gasteiger partial charge < -0.3 is 10.6 Å². The standard InChI is InChI=1S/C11H16N2O3S2.ClH/c1-18(15,16)11(3-5-12-6-4-11)10(14)13-9-2-7-17-8-9;/h2,7-8,12H,3-6H2,1H3,(H,13,14);1H. The van der Waals surface area contributed by atoms with Crippen LogP contribution in [0.1, 0.15) is 12.8 Å². The maximum Gasteiger partial charge on any atom is 0.245 e. The molecule has 0 unspecified atom stereocenters. The molecule has 1 aliphatic heterocycles. The number of anilines is 1. The molecule has 1 amide bonds. The lowest BCUT2D eigenvalue weighted by Gasteiger charge is -2.34. The van der Waals surface area contributed by atoms with E-state index in [1.807, 2.05) is 5.38 Å². The van der Waals surface area contributed by atoms with E-state index in [-0.39, 0.29) is 12.4 Å². The number of nitrogens with one attached hydrogen (secondary N) is 2. The summed E-state index contributed by atoms with van der Waals surface area (Å²) in [6.45, 7) is 1.09. The summed E-state index contributed by atoms with van der Waals surface area (Å²) in [6.07, 6.45) is 1.79. The number of sulfone groups is 1. The molecule has 1 aromatic heterocycles. The number of carbonyl (C=O) groups excluding carboxylic acids is 1. The molecule has 0 bridgehead atoms. The van der Waals surface area contributed by atoms with E-state index in [4.69, 9.17) is 0 Å². The van der Waals surface area contributed by atoms with Gasteiger partial charge in [0, 0.05) is 11.6 Å². The fraction of sp³-hybridized carbons (Fsp3) is 0.545. The van der Waals surface area contributed by atoms with Crippen molar-refractivity contribution in [2.45, 2.75) is 17.6 Å². The van der Waals surface area contributed by atoms with Crippen LogP contribution in [0.4, 0.5) is 5.69 Å². The molecular formula is C11H17ClN2O3S2. The molecule has 0 spiro atoms. The Morgan fingerprint density at radius 2 is 2.05 bits per heavy atom. The molecule has 1 aromatic rings. The van der Waals surface area contributed by atoms with E-state index < -0.39 is 20.5 Å². The fourth-order valence-corrected chi connectivity index (χ4v) is 4.10. The van der Waals surface area contributed by atoms with Crippen LogP contribution in [0.5, 0.6) is 0 Å². The maximum absolute atomic E-state index is 12.3. The first-order chi connectivity index (χ1) is 8.46. The number of halogens is 1. The van der Waals surface area contributed by atoms with Gasteiger partial charge in [0.1, 0.15) is 0 Å². The molecular weight excluding hydrogens is 308 g/mol. The highest BCUT2D eigenvalue weighted by Crippen LogP contribution is 2.29. The van der Waals surface area contributed by atoms with Crippen LogP contribution >= 0.6 is 23.7 Å². The SMILES string of the molecule is CS(=O)(=O)C1(C(=O)Nc2ccsc2)CCNCC1.Cl. The fourth-order valence-electron chi connectivity index (χ4n) is 2.18. The van der Waals surface area contributed by atoms with Gasteiger partial charge in [-0.1, -0.05) is 0 Å². The summed E-state index contributed by atoms with van der Waals surface area (Å²) in [4.78, 5) is 12.3. The average Bonchev–Trinajstić information content (AvgIpc) is 2.81. The zero-order valence-corrected chi connectivity index (χ0v) is 13.0. The van der Waals surface area contributed by atoms with Crippen LogP contribution in [0.25, 0.3) is 0 Å². The molecule has 108 valence electrons. The highest BCUT2D eigenvalue weighted by atomic mass is 35.5. The third-order valence-electron chi connectivity index (χ3n) is 3.31. The van der Waals surface area contributed by atoms with Crippen molar-refractivity contribution in [1.82, 2.24) is 5.32 Å². The molecule has 1 fully saturated rings. The Balaban J connectivity index is 0.00000180. The number of piperidine rings is 1. The number of hydrogen-bond acceptors (Lipinski definition) is 5. The van der Waals surface area contributed by atoms with Gasteiger partial charge in [-0.25, -0.2) is 8.42 Å². The second-order valence-corrected chi connectivity index (χ2v) is 7.59. The van der Waals surface area contributed by atoms with E-state index in [1.165, 1.54) is 11.3 Å². The predicted molar refractivity (Wildman–Crippen MR) is 79.9 cm³/mol. The Morgan fingerprint density at radius 3 is 2.53 bits per heavy atom. The van der Waals surface area contributed by atoms with E-state index in [9.17, 15) is 13.2 Å². The highest BCUT2D eigenvalue weighted by Gasteiger charge is 2.48. The second-order valence-electron chi connectivity index (χ2n) is 4.48. The second kappa shape index (κ2) is 6.21. The Labute approximate surface area is 123 Å². The van der Waals surface area contributed by atoms with Crippen LogP contribution in [0.2, 0.25) is 0 Å². The summed E-state index contributed by atoms with van der Waals surface area (Å²) >= 11 is 1.46. The lowest BCUT2D eigenvalue weighted by Crippen LogP contribution is -2.55. The minimum absolute atomic E-state index is 0. The molecule has 8 heteroatoms. The molecule has 1 aliphatic rings. The normalized spacial score (nSPS) is 18.4. The van der Waals surface area contributed by atoms with Gasteiger partial charge in [-0.05, 0) is 37.4 Å². The van der Waals surface area contributed by atoms with Crippen molar-refractivity contribution < 1.29 is 13.2 Å². The number of amides is 1. The Bertz CT molecular complexity index is 522. The quantitative estimate of drug-likeness (QED) is 0.878. The smallest absolute Gasteiger partial charge is 0.245 e. The molecule has 0 aliphatic carbocycles. The van der Waals surface area contributed by atoms with Gasteiger partial charge in [-0.15, -0.1) is 12.4 Å². The Hall–Kier alpha value is -0.630. The van der Waals surface area contributed by atoms with Crippen LogP contribution in [0, 0.1) is 0 Å². The highest BCUT2D eigenvalue weighted by molar-refractivity contribution is 7.92. The Morgan fingerprint density at radius 1 is 1.42 bits per heavy atom. The number of hydrogen-bond donors (Lipinski definition) is 2. The first kappa shape index (κ1) is 16.4. The Kier molecular flexibility index (Phi) is 5.37. The van der Waals surface area contributed by atoms with Gasteiger partial charge in [0.05, 0.1) is 5.69 Å². The number of rotatable bonds is 3. The van der Waals surface area contributed by atoms with Crippen LogP contribution < -0.4 is 10.6 Å². The molecule has 0 aromatic carbocycles. The largest absolute Gasteiger partial charge is 0.324 e. The first-order valence-corrected chi connectivity index (χ1v) is 8.53. The van der Waals surface area contributed by atoms with Crippen molar-refractivity contribution >= 4 is 45.2 Å². The lowest BCUT2D eigenvalue weighted by atomic mass is 9.96. The number of carbonyl (C=O) groups is 1. The third-order valence-corrected chi connectivity index (χ3v) is 6.01. The lowest BCUT2D eigenvalue weighted by molar-refractivity contribution is -0.119. The topological polar surface area (TPSA) is 75.3 Å². The summed E-state index contributed by atoms with van der Waals surface area (Å²) in [7, 11) is -3.44. The summed E-state index contributed by atoms with van der Waals surface area (Å²) in [5.41, 5.74) is 0.659. The average molecular weight is 325 g/mol. The molecule has 1 saturated heterocycles. The first-order valence-electron chi connectivity index (χ1n) is 5.70. The summed E-state index contributed by atoms with van der Waals surface area (Å²) in [5, 5.41) is 9.41. The summed E-state index contributed by atoms with van der Waals surface area (Å²) in [5.74, 6) is -0.412. The predicted octanol–water partition coefficient (Wildman–Crippen LogP) is 1.28. The van der Waals surface area contributed by atoms with Crippen molar-refractivity contribution in [3.05, 3.63) is 16.8 Å². The van der Waals surface area contributed by atoms with Gasteiger partial charge in [0.25, 0.3) is 0 Å². The van der Waals surface area contributed by atoms with E-state index in [0.717, 1.165) is 6.26 Å². The number of thiophene rings is 1. The van der Waals surface area contributed by atoms with Crippen LogP contribution in [0.15, 0.2) is 16.8 Å². The zero-order chi connectivity index (χ0) is 13.2. The van der Waals surface area contributed by atoms with Crippen molar-refractivity contribution in [2.24, 2.45) is 0 Å². The van der Waals surface area contributed by atoms with Crippen molar-refractivity contribution in [2.75, 3.05) is 24.7 Å². The van der Waals surface area contributed by atoms with Gasteiger partial charge >= 0.3 is 0 Å². The maximum atomic E-state index is 12.3. The molecule has 19 heavy (non-hydrogen) atoms. The molecule has 0 saturated carbocycles. The summed E-state index contributed by atoms with van der Waals surface area (Å²) < 4.78 is 22.7. The minimum atomic E-state index is -3.44. The van der Waals surface area contributed by atoms with Crippen LogP contribution in [0.3, 0.4) is 0 Å². The van der Waals surface area contributed by atoms with Gasteiger partial charge in [0.15, 0.2) is 14.6 Å². The van der Waals surface area contributed by atoms with Crippen molar-refractivity contribution in [3.63, 3.8) is 0 Å². The van der Waals surface area contributed by atoms with E-state index in [0.29, 0.717) is 31.6 Å². The van der Waals surface area contributed by atoms with Gasteiger partial charge in [-0.2, -0.15) is 11.3 Å². The monoisotopic (exact) mass is 324 g/mol. The van der Waals surface area contributed by atoms with Gasteiger partial charge in [0.2, 0.25) is 5.91 Å². The molecule has 5 nitrogen and oxygen atoms in total. The van der Waals surface area contributed by atoms with E-state index >= 15 is 0 Å². The van der Waals surface area contributed by atoms with Crippen LogP contribution in [-0.2, 0) is 14.6 Å². The van der Waals surface area contributed by atoms with Crippen molar-refractivity contribution in [3.8, 4) is 0 Å². The molecule has 2 N–H and O–H groups in total. The van der Waals surface area contributed by atoms with Gasteiger partial charge in [-0.3, -0.25) is 4.79 Å². The molecule has 2 heterocycles. The zero-order valence-electron chi connectivity index (χ0n) is 10.5. The molecule has 0 radical (unpaired) electrons. The molecule has 0 atom stereocenters. The summed E-state index contributed by atoms with van der Waals surface area (Å²) in [6, 6.07) is 1.76. The third kappa shape index (κ3) is 3.28. The van der Waals surface area contributed by atoms with E-state index in [2.05, 4.69) is 10.6 Å². The minimum Gasteiger partial charge on any atom is -0.324 e. The van der Waals surface area contributed by atoms with Crippen molar-refractivity contribution in [1.29, 1.82) is 0 Å². The van der Waals surface area contributed by atoms with E-state index in [1.54, 1.807) is 11.4 Å².